The zero-order valence-corrected chi connectivity index (χ0v) is 12.1. The molecule has 1 aliphatic rings. The minimum Gasteiger partial charge on any atom is -0.377 e. The molecule has 1 heterocycles. The fourth-order valence-corrected chi connectivity index (χ4v) is 2.20. The molecule has 2 amide bonds. The molecule has 2 rings (SSSR count). The number of carbonyl (C=O) groups excluding carboxylic acids is 1. The van der Waals surface area contributed by atoms with Gasteiger partial charge in [0, 0.05) is 12.1 Å². The molecule has 0 bridgehead atoms. The van der Waals surface area contributed by atoms with Crippen molar-refractivity contribution in [1.29, 1.82) is 0 Å². The lowest BCUT2D eigenvalue weighted by molar-refractivity contribution is 0.0103. The number of rotatable bonds is 1. The van der Waals surface area contributed by atoms with Crippen LogP contribution in [0.3, 0.4) is 0 Å². The number of carbonyl (C=O) groups is 1. The van der Waals surface area contributed by atoms with Crippen LogP contribution in [-0.4, -0.2) is 36.2 Å². The Labute approximate surface area is 118 Å². The monoisotopic (exact) mass is 280 g/mol. The number of nitrogens with one attached hydrogen (secondary N) is 1. The van der Waals surface area contributed by atoms with E-state index in [0.717, 1.165) is 5.56 Å². The van der Waals surface area contributed by atoms with Gasteiger partial charge < -0.3 is 15.0 Å². The van der Waals surface area contributed by atoms with E-state index in [9.17, 15) is 9.18 Å². The van der Waals surface area contributed by atoms with Gasteiger partial charge in [0.2, 0.25) is 0 Å². The summed E-state index contributed by atoms with van der Waals surface area (Å²) in [4.78, 5) is 14.1. The lowest BCUT2D eigenvalue weighted by atomic mass is 10.0. The molecular formula is C15H21FN2O2. The maximum Gasteiger partial charge on any atom is 0.318 e. The topological polar surface area (TPSA) is 41.6 Å². The van der Waals surface area contributed by atoms with Gasteiger partial charge in [-0.15, -0.1) is 0 Å². The van der Waals surface area contributed by atoms with Gasteiger partial charge in [-0.1, -0.05) is 12.1 Å². The number of hydrogen-bond acceptors (Lipinski definition) is 2. The molecule has 20 heavy (non-hydrogen) atoms. The third-order valence-electron chi connectivity index (χ3n) is 3.13. The van der Waals surface area contributed by atoms with E-state index in [4.69, 9.17) is 4.74 Å². The van der Waals surface area contributed by atoms with Crippen molar-refractivity contribution in [2.45, 2.75) is 32.4 Å². The van der Waals surface area contributed by atoms with Crippen molar-refractivity contribution < 1.29 is 13.9 Å². The van der Waals surface area contributed by atoms with Crippen molar-refractivity contribution in [3.63, 3.8) is 0 Å². The molecular weight excluding hydrogens is 259 g/mol. The fraction of sp³-hybridized carbons (Fsp3) is 0.533. The summed E-state index contributed by atoms with van der Waals surface area (Å²) in [5.74, 6) is -0.281. The number of nitrogens with zero attached hydrogens (tertiary/aromatic N) is 1. The Morgan fingerprint density at radius 2 is 2.00 bits per heavy atom. The van der Waals surface area contributed by atoms with E-state index in [1.54, 1.807) is 17.0 Å². The normalized spacial score (nSPS) is 19.8. The van der Waals surface area contributed by atoms with E-state index in [2.05, 4.69) is 5.32 Å². The number of urea groups is 1. The van der Waals surface area contributed by atoms with E-state index in [1.165, 1.54) is 12.1 Å². The minimum atomic E-state index is -0.289. The summed E-state index contributed by atoms with van der Waals surface area (Å²) >= 11 is 0. The van der Waals surface area contributed by atoms with Crippen molar-refractivity contribution in [2.24, 2.45) is 0 Å². The van der Waals surface area contributed by atoms with Crippen LogP contribution in [-0.2, 0) is 4.74 Å². The Morgan fingerprint density at radius 3 is 2.60 bits per heavy atom. The molecule has 0 spiro atoms. The van der Waals surface area contributed by atoms with Gasteiger partial charge in [-0.05, 0) is 38.5 Å². The molecule has 1 atom stereocenters. The van der Waals surface area contributed by atoms with E-state index >= 15 is 0 Å². The second kappa shape index (κ2) is 5.79. The first-order valence-electron chi connectivity index (χ1n) is 6.79. The predicted octanol–water partition coefficient (Wildman–Crippen LogP) is 2.71. The van der Waals surface area contributed by atoms with Gasteiger partial charge in [0.15, 0.2) is 0 Å². The standard InChI is InChI=1S/C15H21FN2O2/c1-15(2,3)17-14(19)18-8-9-20-10-13(18)11-4-6-12(16)7-5-11/h4-7,13H,8-10H2,1-3H3,(H,17,19). The molecule has 1 fully saturated rings. The van der Waals surface area contributed by atoms with Crippen molar-refractivity contribution in [2.75, 3.05) is 19.8 Å². The highest BCUT2D eigenvalue weighted by molar-refractivity contribution is 5.75. The molecule has 0 aromatic heterocycles. The smallest absolute Gasteiger partial charge is 0.318 e. The summed E-state index contributed by atoms with van der Waals surface area (Å²) in [6.45, 7) is 7.32. The molecule has 1 N–H and O–H groups in total. The van der Waals surface area contributed by atoms with E-state index in [0.29, 0.717) is 19.8 Å². The van der Waals surface area contributed by atoms with Crippen molar-refractivity contribution in [3.05, 3.63) is 35.6 Å². The molecule has 0 aliphatic carbocycles. The van der Waals surface area contributed by atoms with Crippen molar-refractivity contribution in [3.8, 4) is 0 Å². The van der Waals surface area contributed by atoms with Crippen LogP contribution in [0.2, 0.25) is 0 Å². The average molecular weight is 280 g/mol. The van der Waals surface area contributed by atoms with Gasteiger partial charge in [-0.3, -0.25) is 0 Å². The second-order valence-corrected chi connectivity index (χ2v) is 6.02. The molecule has 110 valence electrons. The summed E-state index contributed by atoms with van der Waals surface area (Å²) in [5.41, 5.74) is 0.595. The fourth-order valence-electron chi connectivity index (χ4n) is 2.20. The number of halogens is 1. The highest BCUT2D eigenvalue weighted by atomic mass is 19.1. The van der Waals surface area contributed by atoms with Crippen molar-refractivity contribution >= 4 is 6.03 Å². The summed E-state index contributed by atoms with van der Waals surface area (Å²) < 4.78 is 18.5. The van der Waals surface area contributed by atoms with E-state index in [-0.39, 0.29) is 23.4 Å². The zero-order chi connectivity index (χ0) is 14.8. The Morgan fingerprint density at radius 1 is 1.35 bits per heavy atom. The molecule has 0 radical (unpaired) electrons. The van der Waals surface area contributed by atoms with Crippen LogP contribution < -0.4 is 5.32 Å². The quantitative estimate of drug-likeness (QED) is 0.859. The van der Waals surface area contributed by atoms with Crippen LogP contribution >= 0.6 is 0 Å². The molecule has 1 aromatic carbocycles. The number of morpholine rings is 1. The number of ether oxygens (including phenoxy) is 1. The predicted molar refractivity (Wildman–Crippen MR) is 75.0 cm³/mol. The SMILES string of the molecule is CC(C)(C)NC(=O)N1CCOCC1c1ccc(F)cc1. The Bertz CT molecular complexity index is 468. The van der Waals surface area contributed by atoms with Crippen LogP contribution in [0.1, 0.15) is 32.4 Å². The van der Waals surface area contributed by atoms with E-state index < -0.39 is 0 Å². The van der Waals surface area contributed by atoms with Crippen LogP contribution in [0.4, 0.5) is 9.18 Å². The maximum atomic E-state index is 13.0. The first kappa shape index (κ1) is 14.8. The van der Waals surface area contributed by atoms with Gasteiger partial charge >= 0.3 is 6.03 Å². The molecule has 0 saturated carbocycles. The van der Waals surface area contributed by atoms with Crippen LogP contribution in [0.15, 0.2) is 24.3 Å². The third-order valence-corrected chi connectivity index (χ3v) is 3.13. The molecule has 5 heteroatoms. The van der Waals surface area contributed by atoms with Crippen molar-refractivity contribution in [1.82, 2.24) is 10.2 Å². The third kappa shape index (κ3) is 3.70. The molecule has 1 unspecified atom stereocenters. The van der Waals surface area contributed by atoms with Crippen LogP contribution in [0, 0.1) is 5.82 Å². The zero-order valence-electron chi connectivity index (χ0n) is 12.1. The van der Waals surface area contributed by atoms with Gasteiger partial charge in [0.25, 0.3) is 0 Å². The minimum absolute atomic E-state index is 0.116. The summed E-state index contributed by atoms with van der Waals surface area (Å²) in [6.07, 6.45) is 0. The van der Waals surface area contributed by atoms with Gasteiger partial charge in [0.05, 0.1) is 19.3 Å². The summed E-state index contributed by atoms with van der Waals surface area (Å²) in [5, 5.41) is 2.96. The molecule has 1 saturated heterocycles. The maximum absolute atomic E-state index is 13.0. The van der Waals surface area contributed by atoms with E-state index in [1.807, 2.05) is 20.8 Å². The highest BCUT2D eigenvalue weighted by Gasteiger charge is 2.30. The molecule has 4 nitrogen and oxygen atoms in total. The number of benzene rings is 1. The first-order valence-corrected chi connectivity index (χ1v) is 6.79. The first-order chi connectivity index (χ1) is 9.37. The Kier molecular flexibility index (Phi) is 4.28. The van der Waals surface area contributed by atoms with Crippen LogP contribution in [0.25, 0.3) is 0 Å². The highest BCUT2D eigenvalue weighted by Crippen LogP contribution is 2.24. The van der Waals surface area contributed by atoms with Gasteiger partial charge in [-0.2, -0.15) is 0 Å². The molecule has 1 aliphatic heterocycles. The lowest BCUT2D eigenvalue weighted by Crippen LogP contribution is -2.52. The summed E-state index contributed by atoms with van der Waals surface area (Å²) in [6, 6.07) is 5.92. The largest absolute Gasteiger partial charge is 0.377 e. The average Bonchev–Trinajstić information content (AvgIpc) is 2.38. The lowest BCUT2D eigenvalue weighted by Gasteiger charge is -2.37. The van der Waals surface area contributed by atoms with Crippen LogP contribution in [0.5, 0.6) is 0 Å². The second-order valence-electron chi connectivity index (χ2n) is 6.02. The van der Waals surface area contributed by atoms with Gasteiger partial charge in [-0.25, -0.2) is 9.18 Å². The molecule has 1 aromatic rings. The Balaban J connectivity index is 2.16. The van der Waals surface area contributed by atoms with Gasteiger partial charge in [0.1, 0.15) is 5.82 Å². The number of hydrogen-bond donors (Lipinski definition) is 1. The Hall–Kier alpha value is -1.62. The number of amides is 2. The summed E-state index contributed by atoms with van der Waals surface area (Å²) in [7, 11) is 0.